The maximum absolute atomic E-state index is 13.3. The number of carbonyl (C=O) groups excluding carboxylic acids is 1. The molecular formula is C24H33ClN6OS. The number of amides is 1. The first kappa shape index (κ1) is 24.1. The van der Waals surface area contributed by atoms with Crippen molar-refractivity contribution in [2.24, 2.45) is 11.8 Å². The lowest BCUT2D eigenvalue weighted by molar-refractivity contribution is 0.0773. The standard InChI is InChI=1S/C24H33ClN6OS/c1-16-6-7-19(10-21(16)25)26-8-5-9-30-12-17-14-31(15-18(17)13-30)23(32)20-11-27-24(33-4)28-22(20)29(2)3/h6-7,10-11,17-18,26H,5,8-9,12-15H2,1-4H3. The molecule has 4 rings (SSSR count). The van der Waals surface area contributed by atoms with Gasteiger partial charge in [-0.3, -0.25) is 4.79 Å². The monoisotopic (exact) mass is 488 g/mol. The molecule has 0 spiro atoms. The number of hydrogen-bond acceptors (Lipinski definition) is 7. The van der Waals surface area contributed by atoms with Crippen LogP contribution in [0.1, 0.15) is 22.3 Å². The van der Waals surface area contributed by atoms with E-state index in [1.807, 2.05) is 49.2 Å². The molecule has 3 heterocycles. The molecule has 2 aromatic rings. The lowest BCUT2D eigenvalue weighted by Crippen LogP contribution is -2.34. The van der Waals surface area contributed by atoms with Gasteiger partial charge in [-0.2, -0.15) is 0 Å². The predicted molar refractivity (Wildman–Crippen MR) is 137 cm³/mol. The maximum atomic E-state index is 13.3. The van der Waals surface area contributed by atoms with E-state index in [1.165, 1.54) is 11.8 Å². The number of likely N-dealkylation sites (tertiary alicyclic amines) is 2. The summed E-state index contributed by atoms with van der Waals surface area (Å²) in [5.74, 6) is 1.84. The molecule has 7 nitrogen and oxygen atoms in total. The lowest BCUT2D eigenvalue weighted by atomic mass is 10.0. The number of anilines is 2. The van der Waals surface area contributed by atoms with E-state index in [1.54, 1.807) is 6.20 Å². The number of benzene rings is 1. The highest BCUT2D eigenvalue weighted by atomic mass is 35.5. The second kappa shape index (κ2) is 10.5. The third-order valence-electron chi connectivity index (χ3n) is 6.58. The van der Waals surface area contributed by atoms with Gasteiger partial charge in [-0.1, -0.05) is 29.4 Å². The molecule has 2 aliphatic rings. The minimum absolute atomic E-state index is 0.0493. The largest absolute Gasteiger partial charge is 0.385 e. The van der Waals surface area contributed by atoms with Crippen molar-refractivity contribution in [2.45, 2.75) is 18.5 Å². The Labute approximate surface area is 205 Å². The Morgan fingerprint density at radius 2 is 1.97 bits per heavy atom. The maximum Gasteiger partial charge on any atom is 0.259 e. The zero-order valence-corrected chi connectivity index (χ0v) is 21.4. The molecule has 0 aliphatic carbocycles. The average molecular weight is 489 g/mol. The van der Waals surface area contributed by atoms with Gasteiger partial charge in [-0.15, -0.1) is 0 Å². The third kappa shape index (κ3) is 5.55. The minimum atomic E-state index is 0.0493. The quantitative estimate of drug-likeness (QED) is 0.345. The number of nitrogens with zero attached hydrogens (tertiary/aromatic N) is 5. The van der Waals surface area contributed by atoms with Crippen molar-refractivity contribution in [3.63, 3.8) is 0 Å². The summed E-state index contributed by atoms with van der Waals surface area (Å²) in [5.41, 5.74) is 2.77. The van der Waals surface area contributed by atoms with Crippen LogP contribution in [0.3, 0.4) is 0 Å². The summed E-state index contributed by atoms with van der Waals surface area (Å²) in [7, 11) is 3.84. The van der Waals surface area contributed by atoms with Crippen molar-refractivity contribution in [1.82, 2.24) is 19.8 Å². The molecule has 2 fully saturated rings. The number of halogens is 1. The molecule has 2 atom stereocenters. The van der Waals surface area contributed by atoms with Crippen LogP contribution in [-0.4, -0.2) is 85.3 Å². The third-order valence-corrected chi connectivity index (χ3v) is 7.55. The number of fused-ring (bicyclic) bond motifs is 1. The minimum Gasteiger partial charge on any atom is -0.385 e. The smallest absolute Gasteiger partial charge is 0.259 e. The van der Waals surface area contributed by atoms with Gasteiger partial charge in [0.2, 0.25) is 0 Å². The highest BCUT2D eigenvalue weighted by Crippen LogP contribution is 2.33. The van der Waals surface area contributed by atoms with E-state index in [9.17, 15) is 4.79 Å². The molecular weight excluding hydrogens is 456 g/mol. The van der Waals surface area contributed by atoms with E-state index in [0.29, 0.717) is 28.4 Å². The Morgan fingerprint density at radius 3 is 2.61 bits per heavy atom. The van der Waals surface area contributed by atoms with Crippen LogP contribution in [0.25, 0.3) is 0 Å². The van der Waals surface area contributed by atoms with Crippen molar-refractivity contribution in [3.05, 3.63) is 40.5 Å². The highest BCUT2D eigenvalue weighted by molar-refractivity contribution is 7.98. The molecule has 0 radical (unpaired) electrons. The van der Waals surface area contributed by atoms with E-state index in [-0.39, 0.29) is 5.91 Å². The molecule has 33 heavy (non-hydrogen) atoms. The van der Waals surface area contributed by atoms with E-state index < -0.39 is 0 Å². The summed E-state index contributed by atoms with van der Waals surface area (Å²) in [6, 6.07) is 6.11. The van der Waals surface area contributed by atoms with Crippen molar-refractivity contribution in [1.29, 1.82) is 0 Å². The summed E-state index contributed by atoms with van der Waals surface area (Å²) in [4.78, 5) is 28.6. The molecule has 0 saturated carbocycles. The number of nitrogens with one attached hydrogen (secondary N) is 1. The normalized spacial score (nSPS) is 20.2. The van der Waals surface area contributed by atoms with Crippen LogP contribution in [0.5, 0.6) is 0 Å². The van der Waals surface area contributed by atoms with E-state index in [0.717, 1.165) is 62.0 Å². The van der Waals surface area contributed by atoms with Gasteiger partial charge in [0.25, 0.3) is 5.91 Å². The Hall–Kier alpha value is -2.03. The number of aromatic nitrogens is 2. The van der Waals surface area contributed by atoms with Crippen molar-refractivity contribution >= 4 is 40.8 Å². The van der Waals surface area contributed by atoms with Crippen LogP contribution in [0, 0.1) is 18.8 Å². The van der Waals surface area contributed by atoms with Crippen LogP contribution in [0.15, 0.2) is 29.6 Å². The number of aryl methyl sites for hydroxylation is 1. The first-order chi connectivity index (χ1) is 15.9. The second-order valence-electron chi connectivity index (χ2n) is 9.22. The molecule has 0 bridgehead atoms. The van der Waals surface area contributed by atoms with Gasteiger partial charge < -0.3 is 20.0 Å². The van der Waals surface area contributed by atoms with Crippen LogP contribution in [-0.2, 0) is 0 Å². The average Bonchev–Trinajstić information content (AvgIpc) is 3.37. The zero-order valence-electron chi connectivity index (χ0n) is 19.8. The molecule has 1 N–H and O–H groups in total. The molecule has 1 aromatic heterocycles. The molecule has 9 heteroatoms. The van der Waals surface area contributed by atoms with E-state index >= 15 is 0 Å². The van der Waals surface area contributed by atoms with Crippen LogP contribution in [0.4, 0.5) is 11.5 Å². The fraction of sp³-hybridized carbons (Fsp3) is 0.542. The van der Waals surface area contributed by atoms with Crippen LogP contribution >= 0.6 is 23.4 Å². The van der Waals surface area contributed by atoms with Crippen molar-refractivity contribution < 1.29 is 4.79 Å². The summed E-state index contributed by atoms with van der Waals surface area (Å²) in [6.45, 7) is 7.77. The Morgan fingerprint density at radius 1 is 1.24 bits per heavy atom. The van der Waals surface area contributed by atoms with E-state index in [4.69, 9.17) is 11.6 Å². The summed E-state index contributed by atoms with van der Waals surface area (Å²) < 4.78 is 0. The van der Waals surface area contributed by atoms with Gasteiger partial charge in [0.05, 0.1) is 0 Å². The molecule has 2 unspecified atom stereocenters. The summed E-state index contributed by atoms with van der Waals surface area (Å²) in [5, 5.41) is 4.95. The molecule has 1 amide bonds. The summed E-state index contributed by atoms with van der Waals surface area (Å²) in [6.07, 6.45) is 4.71. The van der Waals surface area contributed by atoms with Gasteiger partial charge in [-0.25, -0.2) is 9.97 Å². The highest BCUT2D eigenvalue weighted by Gasteiger charge is 2.42. The molecule has 2 saturated heterocycles. The molecule has 1 aromatic carbocycles. The number of carbonyl (C=O) groups is 1. The first-order valence-corrected chi connectivity index (χ1v) is 13.1. The second-order valence-corrected chi connectivity index (χ2v) is 10.4. The van der Waals surface area contributed by atoms with Gasteiger partial charge in [-0.05, 0) is 55.7 Å². The van der Waals surface area contributed by atoms with Crippen molar-refractivity contribution in [3.8, 4) is 0 Å². The topological polar surface area (TPSA) is 64.6 Å². The van der Waals surface area contributed by atoms with Crippen molar-refractivity contribution in [2.75, 3.05) is 69.8 Å². The fourth-order valence-electron chi connectivity index (χ4n) is 4.79. The Balaban J connectivity index is 1.25. The first-order valence-electron chi connectivity index (χ1n) is 11.5. The van der Waals surface area contributed by atoms with Gasteiger partial charge in [0.1, 0.15) is 11.4 Å². The Kier molecular flexibility index (Phi) is 7.66. The molecule has 2 aliphatic heterocycles. The van der Waals surface area contributed by atoms with Gasteiger partial charge in [0.15, 0.2) is 5.16 Å². The Bertz CT molecular complexity index is 989. The SMILES string of the molecule is CSc1ncc(C(=O)N2CC3CN(CCCNc4ccc(C)c(Cl)c4)CC3C2)c(N(C)C)n1. The van der Waals surface area contributed by atoms with E-state index in [2.05, 4.69) is 26.3 Å². The number of thioether (sulfide) groups is 1. The number of hydrogen-bond donors (Lipinski definition) is 1. The van der Waals surface area contributed by atoms with Gasteiger partial charge in [0, 0.05) is 63.7 Å². The fourth-order valence-corrected chi connectivity index (χ4v) is 5.31. The van der Waals surface area contributed by atoms with Crippen LogP contribution < -0.4 is 10.2 Å². The van der Waals surface area contributed by atoms with Gasteiger partial charge >= 0.3 is 0 Å². The number of rotatable bonds is 8. The van der Waals surface area contributed by atoms with Crippen LogP contribution in [0.2, 0.25) is 5.02 Å². The molecule has 178 valence electrons. The summed E-state index contributed by atoms with van der Waals surface area (Å²) >= 11 is 7.69. The lowest BCUT2D eigenvalue weighted by Gasteiger charge is -2.23. The zero-order chi connectivity index (χ0) is 23.5. The predicted octanol–water partition coefficient (Wildman–Crippen LogP) is 3.73.